The molecule has 0 atom stereocenters. The van der Waals surface area contributed by atoms with Gasteiger partial charge in [0, 0.05) is 28.2 Å². The van der Waals surface area contributed by atoms with Crippen LogP contribution in [0.5, 0.6) is 0 Å². The van der Waals surface area contributed by atoms with Gasteiger partial charge in [-0.15, -0.1) is 25.3 Å². The molecule has 0 aliphatic heterocycles. The summed E-state index contributed by atoms with van der Waals surface area (Å²) in [5.41, 5.74) is 0. The number of hydrogen-bond donors (Lipinski definition) is 2. The molecule has 0 saturated heterocycles. The molecular formula is C6H16N2OS4. The van der Waals surface area contributed by atoms with Gasteiger partial charge in [0.25, 0.3) is 0 Å². The summed E-state index contributed by atoms with van der Waals surface area (Å²) >= 11 is 16.9. The summed E-state index contributed by atoms with van der Waals surface area (Å²) in [6.07, 6.45) is 0. The molecule has 0 aromatic carbocycles. The molecule has 3 nitrogen and oxygen atoms in total. The molecule has 0 saturated carbocycles. The van der Waals surface area contributed by atoms with Crippen LogP contribution < -0.4 is 0 Å². The van der Waals surface area contributed by atoms with Crippen LogP contribution >= 0.6 is 49.7 Å². The molecule has 0 heterocycles. The molecule has 0 aromatic rings. The highest BCUT2D eigenvalue weighted by Crippen LogP contribution is 1.84. The Morgan fingerprint density at radius 3 is 0.923 bits per heavy atom. The van der Waals surface area contributed by atoms with Crippen LogP contribution in [0.2, 0.25) is 0 Å². The standard InChI is InChI=1S/2C3H7NS2.H2O/c2*1-4(2)3(5)6;/h2*1-2H3,(H,5,6);1H2. The van der Waals surface area contributed by atoms with Gasteiger partial charge < -0.3 is 15.3 Å². The average Bonchev–Trinajstić information content (AvgIpc) is 1.88. The molecule has 0 amide bonds. The molecule has 0 fully saturated rings. The molecule has 80 valence electrons. The van der Waals surface area contributed by atoms with Crippen molar-refractivity contribution in [3.05, 3.63) is 0 Å². The highest BCUT2D eigenvalue weighted by atomic mass is 32.1. The number of rotatable bonds is 0. The van der Waals surface area contributed by atoms with Gasteiger partial charge >= 0.3 is 0 Å². The van der Waals surface area contributed by atoms with Crippen LogP contribution in [0.4, 0.5) is 0 Å². The largest absolute Gasteiger partial charge is 0.412 e. The van der Waals surface area contributed by atoms with Crippen molar-refractivity contribution in [1.82, 2.24) is 9.80 Å². The van der Waals surface area contributed by atoms with Crippen molar-refractivity contribution in [1.29, 1.82) is 0 Å². The molecule has 0 aromatic heterocycles. The SMILES string of the molecule is CN(C)C(=S)S.CN(C)C(=S)S.O. The van der Waals surface area contributed by atoms with E-state index in [1.54, 1.807) is 9.80 Å². The molecule has 7 heteroatoms. The minimum atomic E-state index is 0. The summed E-state index contributed by atoms with van der Waals surface area (Å²) in [4.78, 5) is 3.52. The highest BCUT2D eigenvalue weighted by molar-refractivity contribution is 8.11. The Labute approximate surface area is 102 Å². The van der Waals surface area contributed by atoms with E-state index in [1.165, 1.54) is 0 Å². The first kappa shape index (κ1) is 19.1. The fourth-order valence-electron chi connectivity index (χ4n) is 0. The molecule has 0 aliphatic rings. The number of hydrogen-bond acceptors (Lipinski definition) is 2. The molecule has 0 radical (unpaired) electrons. The predicted molar refractivity (Wildman–Crippen MR) is 74.2 cm³/mol. The Kier molecular flexibility index (Phi) is 15.4. The molecular weight excluding hydrogens is 244 g/mol. The Bertz CT molecular complexity index is 143. The summed E-state index contributed by atoms with van der Waals surface area (Å²) in [6.45, 7) is 0. The van der Waals surface area contributed by atoms with Crippen molar-refractivity contribution in [3.63, 3.8) is 0 Å². The number of thiocarbonyl (C=S) groups is 2. The van der Waals surface area contributed by atoms with E-state index in [0.29, 0.717) is 8.64 Å². The quantitative estimate of drug-likeness (QED) is 0.497. The zero-order chi connectivity index (χ0) is 10.3. The molecule has 2 N–H and O–H groups in total. The molecule has 0 rings (SSSR count). The predicted octanol–water partition coefficient (Wildman–Crippen LogP) is 0.701. The average molecular weight is 260 g/mol. The Hall–Kier alpha value is 0.440. The maximum atomic E-state index is 4.61. The Morgan fingerprint density at radius 1 is 0.846 bits per heavy atom. The summed E-state index contributed by atoms with van der Waals surface area (Å²) in [5, 5.41) is 0. The second kappa shape index (κ2) is 10.5. The molecule has 13 heavy (non-hydrogen) atoms. The normalized spacial score (nSPS) is 7.23. The summed E-state index contributed by atoms with van der Waals surface area (Å²) in [7, 11) is 7.43. The Morgan fingerprint density at radius 2 is 0.923 bits per heavy atom. The number of thiol groups is 2. The lowest BCUT2D eigenvalue weighted by Gasteiger charge is -2.05. The van der Waals surface area contributed by atoms with E-state index in [4.69, 9.17) is 0 Å². The molecule has 0 spiro atoms. The van der Waals surface area contributed by atoms with E-state index in [-0.39, 0.29) is 5.48 Å². The minimum absolute atomic E-state index is 0. The molecule has 0 unspecified atom stereocenters. The van der Waals surface area contributed by atoms with E-state index in [1.807, 2.05) is 28.2 Å². The van der Waals surface area contributed by atoms with Gasteiger partial charge in [0.15, 0.2) is 0 Å². The van der Waals surface area contributed by atoms with E-state index in [9.17, 15) is 0 Å². The Balaban J connectivity index is -0.000000143. The summed E-state index contributed by atoms with van der Waals surface area (Å²) in [5.74, 6) is 0. The first-order valence-corrected chi connectivity index (χ1v) is 4.80. The van der Waals surface area contributed by atoms with Gasteiger partial charge in [-0.2, -0.15) is 0 Å². The van der Waals surface area contributed by atoms with E-state index in [0.717, 1.165) is 0 Å². The minimum Gasteiger partial charge on any atom is -0.412 e. The van der Waals surface area contributed by atoms with Crippen molar-refractivity contribution < 1.29 is 5.48 Å². The van der Waals surface area contributed by atoms with Crippen LogP contribution in [0, 0.1) is 0 Å². The monoisotopic (exact) mass is 260 g/mol. The van der Waals surface area contributed by atoms with Crippen molar-refractivity contribution >= 4 is 58.3 Å². The topological polar surface area (TPSA) is 38.0 Å². The summed E-state index contributed by atoms with van der Waals surface area (Å²) in [6, 6.07) is 0. The van der Waals surface area contributed by atoms with Gasteiger partial charge in [0.2, 0.25) is 0 Å². The maximum Gasteiger partial charge on any atom is 0.132 e. The lowest BCUT2D eigenvalue weighted by atomic mass is 11.0. The fourth-order valence-corrected chi connectivity index (χ4v) is 0. The van der Waals surface area contributed by atoms with Gasteiger partial charge in [-0.05, 0) is 0 Å². The third-order valence-electron chi connectivity index (χ3n) is 0.765. The van der Waals surface area contributed by atoms with E-state index in [2.05, 4.69) is 49.7 Å². The third-order valence-corrected chi connectivity index (χ3v) is 2.30. The maximum absolute atomic E-state index is 4.61. The lowest BCUT2D eigenvalue weighted by molar-refractivity contribution is 0.648. The molecule has 0 bridgehead atoms. The van der Waals surface area contributed by atoms with Crippen molar-refractivity contribution in [3.8, 4) is 0 Å². The van der Waals surface area contributed by atoms with Crippen LogP contribution in [0.25, 0.3) is 0 Å². The first-order valence-electron chi connectivity index (χ1n) is 3.09. The zero-order valence-electron chi connectivity index (χ0n) is 8.11. The second-order valence-corrected chi connectivity index (χ2v) is 4.58. The molecule has 0 aliphatic carbocycles. The summed E-state index contributed by atoms with van der Waals surface area (Å²) < 4.78 is 1.24. The second-order valence-electron chi connectivity index (χ2n) is 2.35. The zero-order valence-corrected chi connectivity index (χ0v) is 11.5. The fraction of sp³-hybridized carbons (Fsp3) is 0.667. The van der Waals surface area contributed by atoms with Crippen LogP contribution in [-0.4, -0.2) is 52.1 Å². The smallest absolute Gasteiger partial charge is 0.132 e. The van der Waals surface area contributed by atoms with E-state index >= 15 is 0 Å². The van der Waals surface area contributed by atoms with Crippen molar-refractivity contribution in [2.45, 2.75) is 0 Å². The van der Waals surface area contributed by atoms with Gasteiger partial charge in [-0.3, -0.25) is 0 Å². The van der Waals surface area contributed by atoms with Gasteiger partial charge in [0.1, 0.15) is 8.64 Å². The van der Waals surface area contributed by atoms with Crippen LogP contribution in [0.1, 0.15) is 0 Å². The first-order chi connectivity index (χ1) is 5.29. The van der Waals surface area contributed by atoms with Crippen molar-refractivity contribution in [2.24, 2.45) is 0 Å². The number of nitrogens with zero attached hydrogens (tertiary/aromatic N) is 2. The van der Waals surface area contributed by atoms with Gasteiger partial charge in [-0.1, -0.05) is 24.4 Å². The van der Waals surface area contributed by atoms with E-state index < -0.39 is 0 Å². The van der Waals surface area contributed by atoms with Crippen molar-refractivity contribution in [2.75, 3.05) is 28.2 Å². The van der Waals surface area contributed by atoms with Crippen LogP contribution in [-0.2, 0) is 0 Å². The lowest BCUT2D eigenvalue weighted by Crippen LogP contribution is -2.12. The highest BCUT2D eigenvalue weighted by Gasteiger charge is 1.84. The van der Waals surface area contributed by atoms with Gasteiger partial charge in [0.05, 0.1) is 0 Å². The third kappa shape index (κ3) is 19.0. The van der Waals surface area contributed by atoms with Crippen LogP contribution in [0.15, 0.2) is 0 Å². The van der Waals surface area contributed by atoms with Gasteiger partial charge in [-0.25, -0.2) is 0 Å². The van der Waals surface area contributed by atoms with Crippen LogP contribution in [0.3, 0.4) is 0 Å².